The Kier molecular flexibility index (Phi) is 3.42. The van der Waals surface area contributed by atoms with Crippen LogP contribution in [0.5, 0.6) is 5.75 Å². The molecule has 2 heterocycles. The lowest BCUT2D eigenvalue weighted by atomic mass is 10.2. The molecule has 20 heavy (non-hydrogen) atoms. The van der Waals surface area contributed by atoms with E-state index in [2.05, 4.69) is 16.0 Å². The van der Waals surface area contributed by atoms with E-state index in [-0.39, 0.29) is 18.5 Å². The Morgan fingerprint density at radius 2 is 2.10 bits per heavy atom. The van der Waals surface area contributed by atoms with Gasteiger partial charge in [-0.15, -0.1) is 0 Å². The van der Waals surface area contributed by atoms with E-state index in [1.54, 1.807) is 23.1 Å². The summed E-state index contributed by atoms with van der Waals surface area (Å²) >= 11 is 0. The first kappa shape index (κ1) is 12.7. The molecule has 0 aromatic heterocycles. The van der Waals surface area contributed by atoms with Crippen molar-refractivity contribution in [2.45, 2.75) is 0 Å². The van der Waals surface area contributed by atoms with Gasteiger partial charge >= 0.3 is 6.03 Å². The third-order valence-electron chi connectivity index (χ3n) is 3.27. The van der Waals surface area contributed by atoms with E-state index in [1.807, 2.05) is 0 Å². The minimum atomic E-state index is -0.192. The molecule has 3 amide bonds. The number of urea groups is 1. The van der Waals surface area contributed by atoms with E-state index in [0.29, 0.717) is 30.2 Å². The number of ether oxygens (including phenoxy) is 1. The third-order valence-corrected chi connectivity index (χ3v) is 3.27. The summed E-state index contributed by atoms with van der Waals surface area (Å²) in [7, 11) is 0. The second-order valence-corrected chi connectivity index (χ2v) is 4.71. The molecule has 0 saturated carbocycles. The van der Waals surface area contributed by atoms with Gasteiger partial charge in [0, 0.05) is 31.9 Å². The number of benzene rings is 1. The van der Waals surface area contributed by atoms with Crippen molar-refractivity contribution in [2.24, 2.45) is 0 Å². The fourth-order valence-corrected chi connectivity index (χ4v) is 2.23. The molecule has 106 valence electrons. The van der Waals surface area contributed by atoms with Crippen molar-refractivity contribution < 1.29 is 14.3 Å². The number of nitrogens with one attached hydrogen (secondary N) is 3. The molecule has 2 aliphatic heterocycles. The van der Waals surface area contributed by atoms with Crippen LogP contribution in [-0.4, -0.2) is 49.6 Å². The second kappa shape index (κ2) is 5.38. The molecule has 7 nitrogen and oxygen atoms in total. The first-order chi connectivity index (χ1) is 9.72. The van der Waals surface area contributed by atoms with Crippen molar-refractivity contribution in [3.63, 3.8) is 0 Å². The van der Waals surface area contributed by atoms with Gasteiger partial charge in [-0.1, -0.05) is 0 Å². The largest absolute Gasteiger partial charge is 0.482 e. The Morgan fingerprint density at radius 3 is 2.90 bits per heavy atom. The van der Waals surface area contributed by atoms with Gasteiger partial charge in [0.2, 0.25) is 0 Å². The van der Waals surface area contributed by atoms with Crippen molar-refractivity contribution in [1.82, 2.24) is 10.2 Å². The number of fused-ring (bicyclic) bond motifs is 1. The molecule has 7 heteroatoms. The van der Waals surface area contributed by atoms with Crippen molar-refractivity contribution in [1.29, 1.82) is 0 Å². The number of piperazine rings is 1. The monoisotopic (exact) mass is 276 g/mol. The second-order valence-electron chi connectivity index (χ2n) is 4.71. The van der Waals surface area contributed by atoms with Gasteiger partial charge in [-0.05, 0) is 18.2 Å². The van der Waals surface area contributed by atoms with Crippen LogP contribution in [0.25, 0.3) is 0 Å². The molecule has 0 bridgehead atoms. The number of amides is 3. The number of hydrogen-bond donors (Lipinski definition) is 3. The maximum absolute atomic E-state index is 12.1. The molecule has 1 saturated heterocycles. The van der Waals surface area contributed by atoms with E-state index >= 15 is 0 Å². The summed E-state index contributed by atoms with van der Waals surface area (Å²) in [5.74, 6) is 0.424. The smallest absolute Gasteiger partial charge is 0.321 e. The Labute approximate surface area is 116 Å². The van der Waals surface area contributed by atoms with Gasteiger partial charge in [0.05, 0.1) is 5.69 Å². The molecule has 0 spiro atoms. The highest BCUT2D eigenvalue weighted by Crippen LogP contribution is 2.30. The molecule has 0 unspecified atom stereocenters. The summed E-state index contributed by atoms with van der Waals surface area (Å²) < 4.78 is 5.27. The molecule has 0 aliphatic carbocycles. The summed E-state index contributed by atoms with van der Waals surface area (Å²) in [4.78, 5) is 25.1. The molecule has 1 aromatic carbocycles. The molecule has 0 radical (unpaired) electrons. The van der Waals surface area contributed by atoms with Gasteiger partial charge < -0.3 is 25.6 Å². The van der Waals surface area contributed by atoms with Crippen LogP contribution in [0, 0.1) is 0 Å². The summed E-state index contributed by atoms with van der Waals surface area (Å²) in [6, 6.07) is 5.07. The van der Waals surface area contributed by atoms with Gasteiger partial charge in [-0.25, -0.2) is 4.79 Å². The predicted molar refractivity (Wildman–Crippen MR) is 74.0 cm³/mol. The van der Waals surface area contributed by atoms with Crippen LogP contribution in [0.1, 0.15) is 0 Å². The third kappa shape index (κ3) is 2.67. The highest BCUT2D eigenvalue weighted by atomic mass is 16.5. The summed E-state index contributed by atoms with van der Waals surface area (Å²) in [5, 5.41) is 8.74. The molecular weight excluding hydrogens is 260 g/mol. The van der Waals surface area contributed by atoms with E-state index in [0.717, 1.165) is 13.1 Å². The lowest BCUT2D eigenvalue weighted by molar-refractivity contribution is -0.118. The van der Waals surface area contributed by atoms with Crippen LogP contribution >= 0.6 is 0 Å². The minimum Gasteiger partial charge on any atom is -0.482 e. The number of carbonyl (C=O) groups excluding carboxylic acids is 2. The highest BCUT2D eigenvalue weighted by Gasteiger charge is 2.19. The molecule has 1 aromatic rings. The van der Waals surface area contributed by atoms with Crippen molar-refractivity contribution in [3.05, 3.63) is 18.2 Å². The van der Waals surface area contributed by atoms with E-state index in [4.69, 9.17) is 4.74 Å². The fraction of sp³-hybridized carbons (Fsp3) is 0.385. The SMILES string of the molecule is O=C1COc2ccc(NC(=O)N3CCNCC3)cc2N1. The number of nitrogens with zero attached hydrogens (tertiary/aromatic N) is 1. The zero-order valence-corrected chi connectivity index (χ0v) is 10.9. The standard InChI is InChI=1S/C13H16N4O3/c18-12-8-20-11-2-1-9(7-10(11)16-12)15-13(19)17-5-3-14-4-6-17/h1-2,7,14H,3-6,8H2,(H,15,19)(H,16,18). The highest BCUT2D eigenvalue weighted by molar-refractivity contribution is 5.97. The average molecular weight is 276 g/mol. The Bertz CT molecular complexity index is 540. The van der Waals surface area contributed by atoms with Crippen LogP contribution < -0.4 is 20.7 Å². The molecule has 3 N–H and O–H groups in total. The Balaban J connectivity index is 1.69. The van der Waals surface area contributed by atoms with Crippen molar-refractivity contribution in [2.75, 3.05) is 43.4 Å². The van der Waals surface area contributed by atoms with E-state index < -0.39 is 0 Å². The fourth-order valence-electron chi connectivity index (χ4n) is 2.23. The van der Waals surface area contributed by atoms with Gasteiger partial charge in [0.1, 0.15) is 5.75 Å². The van der Waals surface area contributed by atoms with Crippen molar-refractivity contribution in [3.8, 4) is 5.75 Å². The average Bonchev–Trinajstić information content (AvgIpc) is 2.47. The van der Waals surface area contributed by atoms with Gasteiger partial charge in [-0.2, -0.15) is 0 Å². The first-order valence-corrected chi connectivity index (χ1v) is 6.56. The van der Waals surface area contributed by atoms with Gasteiger partial charge in [-0.3, -0.25) is 4.79 Å². The predicted octanol–water partition coefficient (Wildman–Crippen LogP) is 0.455. The van der Waals surface area contributed by atoms with Crippen LogP contribution in [-0.2, 0) is 4.79 Å². The normalized spacial score (nSPS) is 17.8. The van der Waals surface area contributed by atoms with E-state index in [1.165, 1.54) is 0 Å². The van der Waals surface area contributed by atoms with Crippen LogP contribution in [0.2, 0.25) is 0 Å². The zero-order valence-electron chi connectivity index (χ0n) is 10.9. The maximum Gasteiger partial charge on any atom is 0.321 e. The zero-order chi connectivity index (χ0) is 13.9. The summed E-state index contributed by atoms with van der Waals surface area (Å²) in [5.41, 5.74) is 1.22. The topological polar surface area (TPSA) is 82.7 Å². The molecular formula is C13H16N4O3. The number of carbonyl (C=O) groups is 2. The quantitative estimate of drug-likeness (QED) is 0.695. The number of rotatable bonds is 1. The molecule has 2 aliphatic rings. The van der Waals surface area contributed by atoms with Gasteiger partial charge in [0.15, 0.2) is 6.61 Å². The summed E-state index contributed by atoms with van der Waals surface area (Å²) in [6.07, 6.45) is 0. The Hall–Kier alpha value is -2.28. The Morgan fingerprint density at radius 1 is 1.30 bits per heavy atom. The first-order valence-electron chi connectivity index (χ1n) is 6.56. The minimum absolute atomic E-state index is 0.0273. The van der Waals surface area contributed by atoms with Gasteiger partial charge in [0.25, 0.3) is 5.91 Å². The number of hydrogen-bond acceptors (Lipinski definition) is 4. The molecule has 0 atom stereocenters. The van der Waals surface area contributed by atoms with Crippen LogP contribution in [0.4, 0.5) is 16.2 Å². The molecule has 3 rings (SSSR count). The van der Waals surface area contributed by atoms with E-state index in [9.17, 15) is 9.59 Å². The summed E-state index contributed by atoms with van der Waals surface area (Å²) in [6.45, 7) is 3.02. The lowest BCUT2D eigenvalue weighted by Crippen LogP contribution is -2.48. The van der Waals surface area contributed by atoms with Crippen molar-refractivity contribution >= 4 is 23.3 Å². The number of anilines is 2. The lowest BCUT2D eigenvalue weighted by Gasteiger charge is -2.27. The molecule has 1 fully saturated rings. The van der Waals surface area contributed by atoms with Crippen LogP contribution in [0.3, 0.4) is 0 Å². The maximum atomic E-state index is 12.1. The van der Waals surface area contributed by atoms with Crippen LogP contribution in [0.15, 0.2) is 18.2 Å².